The Hall–Kier alpha value is -2.36. The van der Waals surface area contributed by atoms with Crippen molar-refractivity contribution < 1.29 is 59.2 Å². The molecular weight excluding hydrogens is 558 g/mol. The van der Waals surface area contributed by atoms with Crippen LogP contribution in [0.2, 0.25) is 0 Å². The van der Waals surface area contributed by atoms with Crippen molar-refractivity contribution in [3.05, 3.63) is 36.2 Å². The molecule has 2 aliphatic heterocycles. The number of nitrogens with zero attached hydrogens (tertiary/aromatic N) is 2. The van der Waals surface area contributed by atoms with E-state index < -0.39 is 29.7 Å². The minimum Gasteiger partial charge on any atom is -0.589 e. The third-order valence-corrected chi connectivity index (χ3v) is 3.08. The van der Waals surface area contributed by atoms with Crippen LogP contribution in [-0.4, -0.2) is 74.7 Å². The zero-order chi connectivity index (χ0) is 20.8. The van der Waals surface area contributed by atoms with Gasteiger partial charge in [-0.05, 0) is 12.2 Å². The second-order valence-corrected chi connectivity index (χ2v) is 5.19. The van der Waals surface area contributed by atoms with Crippen molar-refractivity contribution in [2.45, 2.75) is 6.42 Å². The maximum atomic E-state index is 11.3. The number of ether oxygens (including phenoxy) is 3. The number of rotatable bonds is 10. The third-order valence-electron chi connectivity index (χ3n) is 3.08. The topological polar surface area (TPSA) is 142 Å². The van der Waals surface area contributed by atoms with Gasteiger partial charge in [-0.25, -0.2) is 11.3 Å². The molecule has 0 unspecified atom stereocenters. The SMILES string of the molecule is COCCOCCCOC(=O)N[CH-]CN1C(=O)C=CC1=O.O=C1C=CC(=O)[N-]1.[W+2]. The number of nitrogens with one attached hydrogen (secondary N) is 1. The van der Waals surface area contributed by atoms with Gasteiger partial charge in [-0.15, -0.1) is 0 Å². The zero-order valence-electron chi connectivity index (χ0n) is 15.7. The molecule has 0 aromatic carbocycles. The van der Waals surface area contributed by atoms with E-state index in [4.69, 9.17) is 14.2 Å². The molecule has 11 nitrogen and oxygen atoms in total. The summed E-state index contributed by atoms with van der Waals surface area (Å²) < 4.78 is 14.9. The number of methoxy groups -OCH3 is 1. The van der Waals surface area contributed by atoms with Gasteiger partial charge in [0.15, 0.2) is 0 Å². The largest absolute Gasteiger partial charge is 2.00 e. The van der Waals surface area contributed by atoms with E-state index in [0.29, 0.717) is 26.2 Å². The quantitative estimate of drug-likeness (QED) is 0.214. The van der Waals surface area contributed by atoms with Crippen LogP contribution < -0.4 is 5.32 Å². The second-order valence-electron chi connectivity index (χ2n) is 5.19. The van der Waals surface area contributed by atoms with Crippen LogP contribution in [0, 0.1) is 6.54 Å². The van der Waals surface area contributed by atoms with Gasteiger partial charge in [0.25, 0.3) is 11.8 Å². The van der Waals surface area contributed by atoms with Crippen LogP contribution in [0.3, 0.4) is 0 Å². The number of imide groups is 2. The molecule has 0 saturated heterocycles. The van der Waals surface area contributed by atoms with Gasteiger partial charge in [-0.3, -0.25) is 9.59 Å². The monoisotopic (exact) mass is 579 g/mol. The number of alkyl carbamates (subject to hydrolysis) is 1. The fourth-order valence-corrected chi connectivity index (χ4v) is 1.77. The molecule has 158 valence electrons. The van der Waals surface area contributed by atoms with Crippen LogP contribution in [0.15, 0.2) is 24.3 Å². The summed E-state index contributed by atoms with van der Waals surface area (Å²) in [6, 6.07) is 0. The Balaban J connectivity index is 0.000000824. The molecule has 0 bridgehead atoms. The Labute approximate surface area is 182 Å². The maximum Gasteiger partial charge on any atom is 2.00 e. The van der Waals surface area contributed by atoms with Crippen molar-refractivity contribution in [1.82, 2.24) is 10.2 Å². The van der Waals surface area contributed by atoms with Gasteiger partial charge in [-0.2, -0.15) is 0 Å². The van der Waals surface area contributed by atoms with Gasteiger partial charge in [0.05, 0.1) is 31.6 Å². The van der Waals surface area contributed by atoms with Crippen molar-refractivity contribution >= 4 is 29.7 Å². The number of carbonyl (C=O) groups is 5. The number of hydrogen-bond acceptors (Lipinski definition) is 8. The number of hydrogen-bond donors (Lipinski definition) is 1. The Morgan fingerprint density at radius 1 is 1.00 bits per heavy atom. The van der Waals surface area contributed by atoms with Crippen LogP contribution in [0.25, 0.3) is 5.32 Å². The average Bonchev–Trinajstić information content (AvgIpc) is 3.19. The van der Waals surface area contributed by atoms with Gasteiger partial charge in [-0.1, -0.05) is 6.54 Å². The van der Waals surface area contributed by atoms with Gasteiger partial charge < -0.3 is 39.3 Å². The minimum absolute atomic E-state index is 0. The van der Waals surface area contributed by atoms with Crippen LogP contribution in [0.1, 0.15) is 6.42 Å². The standard InChI is InChI=1S/C13H19N2O6.C4H3NO2.W/c1-19-9-10-20-7-2-8-21-13(18)14-5-6-15-11(16)3-4-12(15)17;6-3-1-2-4(7)5-3;/h3-5H,2,6-10H2,1H3,(H,14,18);1-2H,(H,5,6,7);/q-1;;+2/p-1. The molecule has 2 heterocycles. The Bertz CT molecular complexity index is 617. The van der Waals surface area contributed by atoms with E-state index in [1.165, 1.54) is 18.7 Å². The number of amides is 5. The van der Waals surface area contributed by atoms with Crippen molar-refractivity contribution in [3.63, 3.8) is 0 Å². The van der Waals surface area contributed by atoms with Crippen molar-refractivity contribution in [3.8, 4) is 0 Å². The minimum atomic E-state index is -0.640. The molecule has 0 saturated carbocycles. The average molecular weight is 579 g/mol. The molecule has 12 heteroatoms. The molecule has 29 heavy (non-hydrogen) atoms. The summed E-state index contributed by atoms with van der Waals surface area (Å²) >= 11 is 0. The first-order valence-corrected chi connectivity index (χ1v) is 8.27. The van der Waals surface area contributed by atoms with E-state index in [0.717, 1.165) is 17.1 Å². The smallest absolute Gasteiger partial charge is 0.589 e. The molecule has 5 amide bonds. The predicted molar refractivity (Wildman–Crippen MR) is 94.5 cm³/mol. The molecule has 0 radical (unpaired) electrons. The summed E-state index contributed by atoms with van der Waals surface area (Å²) in [4.78, 5) is 54.7. The van der Waals surface area contributed by atoms with Crippen molar-refractivity contribution in [1.29, 1.82) is 0 Å². The van der Waals surface area contributed by atoms with Gasteiger partial charge in [0.2, 0.25) is 0 Å². The first kappa shape index (κ1) is 26.6. The normalized spacial score (nSPS) is 14.3. The van der Waals surface area contributed by atoms with Crippen LogP contribution in [0.4, 0.5) is 4.79 Å². The van der Waals surface area contributed by atoms with Gasteiger partial charge in [0, 0.05) is 32.3 Å². The first-order chi connectivity index (χ1) is 13.4. The van der Waals surface area contributed by atoms with E-state index in [1.807, 2.05) is 0 Å². The molecule has 2 aliphatic rings. The van der Waals surface area contributed by atoms with E-state index in [9.17, 15) is 24.0 Å². The molecule has 0 fully saturated rings. The molecule has 1 N–H and O–H groups in total. The van der Waals surface area contributed by atoms with E-state index >= 15 is 0 Å². The number of carbonyl (C=O) groups excluding carboxylic acids is 5. The molecule has 0 aliphatic carbocycles. The fraction of sp³-hybridized carbons (Fsp3) is 0.412. The molecule has 2 rings (SSSR count). The molecule has 0 aromatic rings. The van der Waals surface area contributed by atoms with Crippen LogP contribution in [-0.2, 0) is 54.5 Å². The molecule has 0 aromatic heterocycles. The molecular formula is C17H21N3O8W. The summed E-state index contributed by atoms with van der Waals surface area (Å²) in [7, 11) is 1.59. The van der Waals surface area contributed by atoms with Gasteiger partial charge in [0.1, 0.15) is 0 Å². The van der Waals surface area contributed by atoms with E-state index in [-0.39, 0.29) is 34.2 Å². The van der Waals surface area contributed by atoms with E-state index in [1.54, 1.807) is 7.11 Å². The molecule has 0 atom stereocenters. The van der Waals surface area contributed by atoms with Crippen molar-refractivity contribution in [2.24, 2.45) is 0 Å². The summed E-state index contributed by atoms with van der Waals surface area (Å²) in [5.41, 5.74) is 0. The predicted octanol–water partition coefficient (Wildman–Crippen LogP) is -0.167. The summed E-state index contributed by atoms with van der Waals surface area (Å²) in [5.74, 6) is -1.71. The first-order valence-electron chi connectivity index (χ1n) is 8.27. The zero-order valence-corrected chi connectivity index (χ0v) is 18.6. The Kier molecular flexibility index (Phi) is 14.3. The van der Waals surface area contributed by atoms with Crippen LogP contribution >= 0.6 is 0 Å². The van der Waals surface area contributed by atoms with Gasteiger partial charge >= 0.3 is 27.2 Å². The van der Waals surface area contributed by atoms with Crippen LogP contribution in [0.5, 0.6) is 0 Å². The fourth-order valence-electron chi connectivity index (χ4n) is 1.77. The molecule has 0 spiro atoms. The third kappa shape index (κ3) is 11.9. The second kappa shape index (κ2) is 15.5. The van der Waals surface area contributed by atoms with E-state index in [2.05, 4.69) is 10.6 Å². The summed E-state index contributed by atoms with van der Waals surface area (Å²) in [6.07, 6.45) is 4.57. The summed E-state index contributed by atoms with van der Waals surface area (Å²) in [5, 5.41) is 5.34. The summed E-state index contributed by atoms with van der Waals surface area (Å²) in [6.45, 7) is 3.01. The Morgan fingerprint density at radius 3 is 2.14 bits per heavy atom. The maximum absolute atomic E-state index is 11.3. The Morgan fingerprint density at radius 2 is 1.62 bits per heavy atom. The van der Waals surface area contributed by atoms with Crippen molar-refractivity contribution in [2.75, 3.05) is 40.1 Å².